The summed E-state index contributed by atoms with van der Waals surface area (Å²) in [6.45, 7) is 5.04. The molecule has 0 saturated heterocycles. The molecule has 1 amide bonds. The standard InChI is InChI=1S/C15H29NO4/c1-15(2,3)20-14(19)16-12(13(18)10-17)9-11-7-5-4-6-8-11/h11-13,17-18H,4-10H2,1-3H3,(H,16,19)/t12-,13+/m1/s1. The Bertz CT molecular complexity index is 295. The van der Waals surface area contributed by atoms with E-state index in [1.165, 1.54) is 19.3 Å². The molecule has 0 spiro atoms. The topological polar surface area (TPSA) is 78.8 Å². The van der Waals surface area contributed by atoms with E-state index in [1.807, 2.05) is 0 Å². The zero-order chi connectivity index (χ0) is 15.2. The molecular weight excluding hydrogens is 258 g/mol. The molecule has 0 radical (unpaired) electrons. The van der Waals surface area contributed by atoms with Crippen molar-refractivity contribution in [2.45, 2.75) is 77.0 Å². The van der Waals surface area contributed by atoms with E-state index in [4.69, 9.17) is 9.84 Å². The zero-order valence-electron chi connectivity index (χ0n) is 12.9. The minimum Gasteiger partial charge on any atom is -0.444 e. The van der Waals surface area contributed by atoms with E-state index < -0.39 is 23.8 Å². The van der Waals surface area contributed by atoms with Crippen LogP contribution in [0.25, 0.3) is 0 Å². The number of hydrogen-bond donors (Lipinski definition) is 3. The van der Waals surface area contributed by atoms with Crippen LogP contribution in [0.3, 0.4) is 0 Å². The number of hydrogen-bond acceptors (Lipinski definition) is 4. The predicted octanol–water partition coefficient (Wildman–Crippen LogP) is 2.20. The Morgan fingerprint density at radius 3 is 2.40 bits per heavy atom. The highest BCUT2D eigenvalue weighted by Gasteiger charge is 2.27. The van der Waals surface area contributed by atoms with Gasteiger partial charge in [0.15, 0.2) is 0 Å². The molecule has 0 unspecified atom stereocenters. The van der Waals surface area contributed by atoms with Gasteiger partial charge in [-0.1, -0.05) is 32.1 Å². The molecule has 0 heterocycles. The summed E-state index contributed by atoms with van der Waals surface area (Å²) >= 11 is 0. The first-order chi connectivity index (χ1) is 9.31. The summed E-state index contributed by atoms with van der Waals surface area (Å²) < 4.78 is 5.21. The first kappa shape index (κ1) is 17.2. The van der Waals surface area contributed by atoms with E-state index in [1.54, 1.807) is 20.8 Å². The Labute approximate surface area is 121 Å². The Morgan fingerprint density at radius 2 is 1.90 bits per heavy atom. The van der Waals surface area contributed by atoms with Gasteiger partial charge >= 0.3 is 6.09 Å². The molecule has 1 rings (SSSR count). The number of carbonyl (C=O) groups is 1. The van der Waals surface area contributed by atoms with Gasteiger partial charge in [0.1, 0.15) is 5.60 Å². The summed E-state index contributed by atoms with van der Waals surface area (Å²) in [5, 5.41) is 21.7. The minimum absolute atomic E-state index is 0.354. The van der Waals surface area contributed by atoms with Crippen molar-refractivity contribution in [3.8, 4) is 0 Å². The van der Waals surface area contributed by atoms with Crippen molar-refractivity contribution >= 4 is 6.09 Å². The second-order valence-corrected chi connectivity index (χ2v) is 6.74. The van der Waals surface area contributed by atoms with E-state index in [0.29, 0.717) is 12.3 Å². The molecule has 1 aliphatic carbocycles. The van der Waals surface area contributed by atoms with Gasteiger partial charge in [-0.2, -0.15) is 0 Å². The van der Waals surface area contributed by atoms with E-state index in [2.05, 4.69) is 5.32 Å². The largest absolute Gasteiger partial charge is 0.444 e. The maximum Gasteiger partial charge on any atom is 0.407 e. The van der Waals surface area contributed by atoms with Crippen LogP contribution in [0.15, 0.2) is 0 Å². The van der Waals surface area contributed by atoms with Gasteiger partial charge in [0.2, 0.25) is 0 Å². The first-order valence-electron chi connectivity index (χ1n) is 7.60. The number of ether oxygens (including phenoxy) is 1. The average molecular weight is 287 g/mol. The highest BCUT2D eigenvalue weighted by Crippen LogP contribution is 2.28. The van der Waals surface area contributed by atoms with Crippen LogP contribution in [0.2, 0.25) is 0 Å². The van der Waals surface area contributed by atoms with E-state index in [0.717, 1.165) is 12.8 Å². The van der Waals surface area contributed by atoms with Gasteiger partial charge in [-0.3, -0.25) is 0 Å². The van der Waals surface area contributed by atoms with Gasteiger partial charge in [-0.15, -0.1) is 0 Å². The molecule has 5 nitrogen and oxygen atoms in total. The van der Waals surface area contributed by atoms with Crippen molar-refractivity contribution in [1.29, 1.82) is 0 Å². The van der Waals surface area contributed by atoms with E-state index >= 15 is 0 Å². The number of aliphatic hydroxyl groups excluding tert-OH is 2. The monoisotopic (exact) mass is 287 g/mol. The Hall–Kier alpha value is -0.810. The lowest BCUT2D eigenvalue weighted by Gasteiger charge is -2.30. The fraction of sp³-hybridized carbons (Fsp3) is 0.933. The van der Waals surface area contributed by atoms with Gasteiger partial charge in [0, 0.05) is 0 Å². The zero-order valence-corrected chi connectivity index (χ0v) is 12.9. The summed E-state index contributed by atoms with van der Waals surface area (Å²) in [5.74, 6) is 0.505. The Kier molecular flexibility index (Phi) is 6.76. The third kappa shape index (κ3) is 6.57. The number of nitrogens with one attached hydrogen (secondary N) is 1. The number of alkyl carbamates (subject to hydrolysis) is 1. The normalized spacial score (nSPS) is 20.2. The molecular formula is C15H29NO4. The van der Waals surface area contributed by atoms with Crippen molar-refractivity contribution in [2.24, 2.45) is 5.92 Å². The molecule has 20 heavy (non-hydrogen) atoms. The SMILES string of the molecule is CC(C)(C)OC(=O)N[C@H](CC1CCCCC1)[C@@H](O)CO. The third-order valence-electron chi connectivity index (χ3n) is 3.67. The Morgan fingerprint density at radius 1 is 1.30 bits per heavy atom. The highest BCUT2D eigenvalue weighted by molar-refractivity contribution is 5.68. The fourth-order valence-corrected chi connectivity index (χ4v) is 2.68. The number of aliphatic hydroxyl groups is 2. The number of carbonyl (C=O) groups excluding carboxylic acids is 1. The van der Waals surface area contributed by atoms with E-state index in [-0.39, 0.29) is 6.61 Å². The summed E-state index contributed by atoms with van der Waals surface area (Å²) in [7, 11) is 0. The van der Waals surface area contributed by atoms with Gasteiger partial charge < -0.3 is 20.3 Å². The summed E-state index contributed by atoms with van der Waals surface area (Å²) in [4.78, 5) is 11.8. The summed E-state index contributed by atoms with van der Waals surface area (Å²) in [5.41, 5.74) is -0.566. The molecule has 3 N–H and O–H groups in total. The molecule has 0 aliphatic heterocycles. The molecule has 5 heteroatoms. The van der Waals surface area contributed by atoms with Crippen molar-refractivity contribution in [2.75, 3.05) is 6.61 Å². The summed E-state index contributed by atoms with van der Waals surface area (Å²) in [6.07, 6.45) is 5.16. The second-order valence-electron chi connectivity index (χ2n) is 6.74. The van der Waals surface area contributed by atoms with Crippen LogP contribution < -0.4 is 5.32 Å². The van der Waals surface area contributed by atoms with Crippen LogP contribution in [0.5, 0.6) is 0 Å². The number of rotatable bonds is 5. The van der Waals surface area contributed by atoms with Crippen LogP contribution in [0.1, 0.15) is 59.3 Å². The quantitative estimate of drug-likeness (QED) is 0.724. The van der Waals surface area contributed by atoms with Crippen molar-refractivity contribution < 1.29 is 19.7 Å². The third-order valence-corrected chi connectivity index (χ3v) is 3.67. The fourth-order valence-electron chi connectivity index (χ4n) is 2.68. The van der Waals surface area contributed by atoms with E-state index in [9.17, 15) is 9.90 Å². The lowest BCUT2D eigenvalue weighted by Crippen LogP contribution is -2.47. The first-order valence-corrected chi connectivity index (χ1v) is 7.60. The maximum atomic E-state index is 11.8. The van der Waals surface area contributed by atoms with Crippen LogP contribution in [0, 0.1) is 5.92 Å². The Balaban J connectivity index is 2.52. The van der Waals surface area contributed by atoms with Crippen molar-refractivity contribution in [1.82, 2.24) is 5.32 Å². The molecule has 0 aromatic heterocycles. The second kappa shape index (κ2) is 7.84. The highest BCUT2D eigenvalue weighted by atomic mass is 16.6. The molecule has 0 bridgehead atoms. The molecule has 0 aromatic rings. The maximum absolute atomic E-state index is 11.8. The molecule has 2 atom stereocenters. The predicted molar refractivity (Wildman–Crippen MR) is 77.4 cm³/mol. The molecule has 1 aliphatic rings. The smallest absolute Gasteiger partial charge is 0.407 e. The van der Waals surface area contributed by atoms with Gasteiger partial charge in [-0.25, -0.2) is 4.79 Å². The molecule has 1 saturated carbocycles. The van der Waals surface area contributed by atoms with Crippen molar-refractivity contribution in [3.63, 3.8) is 0 Å². The lowest BCUT2D eigenvalue weighted by atomic mass is 9.84. The summed E-state index contributed by atoms with van der Waals surface area (Å²) in [6, 6.07) is -0.446. The number of amides is 1. The minimum atomic E-state index is -0.940. The molecule has 118 valence electrons. The van der Waals surface area contributed by atoms with Gasteiger partial charge in [0.05, 0.1) is 18.8 Å². The van der Waals surface area contributed by atoms with Crippen LogP contribution in [-0.4, -0.2) is 40.7 Å². The lowest BCUT2D eigenvalue weighted by molar-refractivity contribution is 0.0267. The van der Waals surface area contributed by atoms with Crippen LogP contribution in [-0.2, 0) is 4.74 Å². The van der Waals surface area contributed by atoms with Crippen molar-refractivity contribution in [3.05, 3.63) is 0 Å². The average Bonchev–Trinajstić information content (AvgIpc) is 2.36. The van der Waals surface area contributed by atoms with Gasteiger partial charge in [-0.05, 0) is 33.1 Å². The van der Waals surface area contributed by atoms with Crippen LogP contribution in [0.4, 0.5) is 4.79 Å². The van der Waals surface area contributed by atoms with Gasteiger partial charge in [0.25, 0.3) is 0 Å². The molecule has 0 aromatic carbocycles. The van der Waals surface area contributed by atoms with Crippen LogP contribution >= 0.6 is 0 Å². The molecule has 1 fully saturated rings.